The van der Waals surface area contributed by atoms with Crippen LogP contribution in [0.1, 0.15) is 32.1 Å². The van der Waals surface area contributed by atoms with Crippen LogP contribution >= 0.6 is 22.9 Å². The Kier molecular flexibility index (Phi) is 4.80. The first-order chi connectivity index (χ1) is 12.8. The highest BCUT2D eigenvalue weighted by molar-refractivity contribution is 7.14. The molecule has 1 aliphatic heterocycles. The summed E-state index contributed by atoms with van der Waals surface area (Å²) in [6, 6.07) is 2.91. The third-order valence-electron chi connectivity index (χ3n) is 4.97. The van der Waals surface area contributed by atoms with Crippen LogP contribution in [0, 0.1) is 0 Å². The molecule has 0 saturated carbocycles. The lowest BCUT2D eigenvalue weighted by Crippen LogP contribution is -2.49. The van der Waals surface area contributed by atoms with Gasteiger partial charge in [-0.25, -0.2) is 4.98 Å². The highest BCUT2D eigenvalue weighted by Crippen LogP contribution is 2.34. The molecule has 1 fully saturated rings. The number of pyridine rings is 1. The molecule has 2 aromatic heterocycles. The topological polar surface area (TPSA) is 36.4 Å². The van der Waals surface area contributed by atoms with E-state index in [2.05, 4.69) is 4.98 Å². The molecular formula is C18H17ClF3N3OS. The fraction of sp³-hybridized carbons (Fsp3) is 0.444. The molecule has 0 radical (unpaired) electrons. The van der Waals surface area contributed by atoms with E-state index in [0.717, 1.165) is 36.4 Å². The summed E-state index contributed by atoms with van der Waals surface area (Å²) in [6.07, 6.45) is -0.410. The fourth-order valence-corrected chi connectivity index (χ4v) is 5.04. The first-order valence-electron chi connectivity index (χ1n) is 8.71. The Bertz CT molecular complexity index is 854. The van der Waals surface area contributed by atoms with E-state index in [9.17, 15) is 18.0 Å². The lowest BCUT2D eigenvalue weighted by atomic mass is 10.2. The van der Waals surface area contributed by atoms with Crippen LogP contribution in [0.3, 0.4) is 0 Å². The van der Waals surface area contributed by atoms with Gasteiger partial charge in [-0.1, -0.05) is 11.6 Å². The number of carbonyl (C=O) groups excluding carboxylic acids is 1. The third-order valence-corrected chi connectivity index (χ3v) is 6.48. The quantitative estimate of drug-likeness (QED) is 0.735. The van der Waals surface area contributed by atoms with Crippen LogP contribution in [0.25, 0.3) is 0 Å². The average Bonchev–Trinajstić information content (AvgIpc) is 3.22. The van der Waals surface area contributed by atoms with Crippen molar-refractivity contribution in [3.63, 3.8) is 0 Å². The molecule has 9 heteroatoms. The Hall–Kier alpha value is -1.80. The second-order valence-electron chi connectivity index (χ2n) is 6.72. The predicted molar refractivity (Wildman–Crippen MR) is 98.7 cm³/mol. The SMILES string of the molecule is O=C(c1cc2c(s1)CCC2)N1CCN(c2ncc(C(F)(F)F)cc2Cl)CC1. The van der Waals surface area contributed by atoms with Crippen molar-refractivity contribution >= 4 is 34.7 Å². The Labute approximate surface area is 163 Å². The van der Waals surface area contributed by atoms with Gasteiger partial charge in [-0.05, 0) is 37.0 Å². The van der Waals surface area contributed by atoms with Gasteiger partial charge in [0.15, 0.2) is 0 Å². The number of anilines is 1. The van der Waals surface area contributed by atoms with Crippen LogP contribution in [0.15, 0.2) is 18.3 Å². The number of carbonyl (C=O) groups is 1. The van der Waals surface area contributed by atoms with Crippen LogP contribution in [0.5, 0.6) is 0 Å². The average molecular weight is 416 g/mol. The molecule has 2 aromatic rings. The van der Waals surface area contributed by atoms with Gasteiger partial charge in [0.25, 0.3) is 5.91 Å². The molecule has 3 heterocycles. The molecule has 0 unspecified atom stereocenters. The predicted octanol–water partition coefficient (Wildman–Crippen LogP) is 4.27. The van der Waals surface area contributed by atoms with Crippen molar-refractivity contribution in [2.24, 2.45) is 0 Å². The zero-order valence-electron chi connectivity index (χ0n) is 14.4. The van der Waals surface area contributed by atoms with Gasteiger partial charge in [0.05, 0.1) is 15.5 Å². The minimum Gasteiger partial charge on any atom is -0.352 e. The van der Waals surface area contributed by atoms with Crippen molar-refractivity contribution in [2.45, 2.75) is 25.4 Å². The fourth-order valence-electron chi connectivity index (χ4n) is 3.53. The van der Waals surface area contributed by atoms with E-state index in [0.29, 0.717) is 32.0 Å². The van der Waals surface area contributed by atoms with Crippen molar-refractivity contribution in [1.29, 1.82) is 0 Å². The lowest BCUT2D eigenvalue weighted by molar-refractivity contribution is -0.137. The lowest BCUT2D eigenvalue weighted by Gasteiger charge is -2.35. The van der Waals surface area contributed by atoms with Gasteiger partial charge in [-0.2, -0.15) is 13.2 Å². The van der Waals surface area contributed by atoms with Gasteiger partial charge in [0, 0.05) is 37.3 Å². The second-order valence-corrected chi connectivity index (χ2v) is 8.26. The number of rotatable bonds is 2. The highest BCUT2D eigenvalue weighted by atomic mass is 35.5. The first-order valence-corrected chi connectivity index (χ1v) is 9.91. The highest BCUT2D eigenvalue weighted by Gasteiger charge is 2.33. The third kappa shape index (κ3) is 3.65. The van der Waals surface area contributed by atoms with Crippen LogP contribution < -0.4 is 4.90 Å². The molecule has 27 heavy (non-hydrogen) atoms. The standard InChI is InChI=1S/C18H17ClF3N3OS/c19-13-9-12(18(20,21)22)10-23-16(13)24-4-6-25(7-5-24)17(26)15-8-11-2-1-3-14(11)27-15/h8-10H,1-7H2. The summed E-state index contributed by atoms with van der Waals surface area (Å²) >= 11 is 7.61. The van der Waals surface area contributed by atoms with E-state index in [-0.39, 0.29) is 10.9 Å². The number of aryl methyl sites for hydroxylation is 2. The van der Waals surface area contributed by atoms with Gasteiger partial charge < -0.3 is 9.80 Å². The molecule has 1 amide bonds. The summed E-state index contributed by atoms with van der Waals surface area (Å²) < 4.78 is 38.2. The molecule has 0 bridgehead atoms. The van der Waals surface area contributed by atoms with E-state index >= 15 is 0 Å². The summed E-state index contributed by atoms with van der Waals surface area (Å²) in [4.78, 5) is 22.3. The van der Waals surface area contributed by atoms with Gasteiger partial charge in [0.1, 0.15) is 5.82 Å². The van der Waals surface area contributed by atoms with E-state index in [1.807, 2.05) is 11.0 Å². The molecule has 1 saturated heterocycles. The van der Waals surface area contributed by atoms with Crippen molar-refractivity contribution in [1.82, 2.24) is 9.88 Å². The van der Waals surface area contributed by atoms with Crippen molar-refractivity contribution < 1.29 is 18.0 Å². The maximum absolute atomic E-state index is 12.7. The molecule has 144 valence electrons. The van der Waals surface area contributed by atoms with Crippen LogP contribution in [0.4, 0.5) is 19.0 Å². The van der Waals surface area contributed by atoms with Crippen LogP contribution in [-0.4, -0.2) is 42.0 Å². The van der Waals surface area contributed by atoms with Crippen molar-refractivity contribution in [2.75, 3.05) is 31.1 Å². The summed E-state index contributed by atoms with van der Waals surface area (Å²) in [5.41, 5.74) is 0.429. The van der Waals surface area contributed by atoms with Gasteiger partial charge in [-0.15, -0.1) is 11.3 Å². The molecule has 0 spiro atoms. The number of aromatic nitrogens is 1. The number of thiophene rings is 1. The maximum atomic E-state index is 12.7. The number of hydrogen-bond acceptors (Lipinski definition) is 4. The minimum absolute atomic E-state index is 0.0283. The summed E-state index contributed by atoms with van der Waals surface area (Å²) in [7, 11) is 0. The molecule has 4 rings (SSSR count). The van der Waals surface area contributed by atoms with Crippen molar-refractivity contribution in [3.8, 4) is 0 Å². The number of hydrogen-bond donors (Lipinski definition) is 0. The normalized spacial score (nSPS) is 17.3. The largest absolute Gasteiger partial charge is 0.417 e. The van der Waals surface area contributed by atoms with Crippen LogP contribution in [-0.2, 0) is 19.0 Å². The monoisotopic (exact) mass is 415 g/mol. The Morgan fingerprint density at radius 2 is 1.89 bits per heavy atom. The Balaban J connectivity index is 1.42. The minimum atomic E-state index is -4.47. The number of fused-ring (bicyclic) bond motifs is 1. The van der Waals surface area contributed by atoms with Gasteiger partial charge in [-0.3, -0.25) is 4.79 Å². The number of nitrogens with zero attached hydrogens (tertiary/aromatic N) is 3. The molecule has 2 aliphatic rings. The maximum Gasteiger partial charge on any atom is 0.417 e. The van der Waals surface area contributed by atoms with E-state index in [1.54, 1.807) is 16.2 Å². The Morgan fingerprint density at radius 3 is 2.52 bits per heavy atom. The zero-order valence-corrected chi connectivity index (χ0v) is 15.9. The number of alkyl halides is 3. The van der Waals surface area contributed by atoms with Gasteiger partial charge >= 0.3 is 6.18 Å². The second kappa shape index (κ2) is 6.98. The molecular weight excluding hydrogens is 399 g/mol. The molecule has 1 aliphatic carbocycles. The van der Waals surface area contributed by atoms with E-state index in [4.69, 9.17) is 11.6 Å². The summed E-state index contributed by atoms with van der Waals surface area (Å²) in [5.74, 6) is 0.354. The number of halogens is 4. The van der Waals surface area contributed by atoms with Crippen LogP contribution in [0.2, 0.25) is 5.02 Å². The van der Waals surface area contributed by atoms with E-state index < -0.39 is 11.7 Å². The number of amides is 1. The first kappa shape index (κ1) is 18.6. The molecule has 4 nitrogen and oxygen atoms in total. The van der Waals surface area contributed by atoms with E-state index in [1.165, 1.54) is 10.4 Å². The number of piperazine rings is 1. The van der Waals surface area contributed by atoms with Crippen molar-refractivity contribution in [3.05, 3.63) is 44.2 Å². The van der Waals surface area contributed by atoms with Gasteiger partial charge in [0.2, 0.25) is 0 Å². The summed E-state index contributed by atoms with van der Waals surface area (Å²) in [6.45, 7) is 1.94. The molecule has 0 aromatic carbocycles. The smallest absolute Gasteiger partial charge is 0.352 e. The Morgan fingerprint density at radius 1 is 1.15 bits per heavy atom. The molecule has 0 N–H and O–H groups in total. The molecule has 0 atom stereocenters. The zero-order chi connectivity index (χ0) is 19.2. The summed E-state index contributed by atoms with van der Waals surface area (Å²) in [5, 5.41) is -0.0284.